The second-order valence-electron chi connectivity index (χ2n) is 6.37. The number of carboxylic acid groups (broad SMARTS) is 1. The maximum absolute atomic E-state index is 13.0. The topological polar surface area (TPSA) is 101 Å². The van der Waals surface area contributed by atoms with Gasteiger partial charge in [-0.3, -0.25) is 14.2 Å². The van der Waals surface area contributed by atoms with Crippen molar-refractivity contribution in [2.75, 3.05) is 5.32 Å². The Labute approximate surface area is 169 Å². The summed E-state index contributed by atoms with van der Waals surface area (Å²) in [7, 11) is 0. The number of thiophene rings is 1. The lowest BCUT2D eigenvalue weighted by molar-refractivity contribution is -0.119. The molecule has 0 radical (unpaired) electrons. The Kier molecular flexibility index (Phi) is 5.53. The SMILES string of the molecule is CCC(C(=O)Nc1cc(Cl)ccc1C)n1cnc2sc(C(=O)O)c(C)c2c1=O. The van der Waals surface area contributed by atoms with Crippen molar-refractivity contribution in [1.29, 1.82) is 0 Å². The van der Waals surface area contributed by atoms with Gasteiger partial charge in [-0.05, 0) is 43.5 Å². The summed E-state index contributed by atoms with van der Waals surface area (Å²) in [6.45, 7) is 5.20. The lowest BCUT2D eigenvalue weighted by atomic mass is 10.1. The number of anilines is 1. The number of nitrogens with zero attached hydrogens (tertiary/aromatic N) is 2. The maximum atomic E-state index is 13.0. The molecule has 0 aliphatic rings. The van der Waals surface area contributed by atoms with Crippen LogP contribution >= 0.6 is 22.9 Å². The second-order valence-corrected chi connectivity index (χ2v) is 7.81. The molecule has 28 heavy (non-hydrogen) atoms. The molecule has 2 N–H and O–H groups in total. The summed E-state index contributed by atoms with van der Waals surface area (Å²) in [5.74, 6) is -1.48. The zero-order valence-electron chi connectivity index (χ0n) is 15.4. The first kappa shape index (κ1) is 20.0. The normalized spacial score (nSPS) is 12.1. The van der Waals surface area contributed by atoms with E-state index < -0.39 is 17.6 Å². The van der Waals surface area contributed by atoms with E-state index >= 15 is 0 Å². The molecule has 9 heteroatoms. The number of halogens is 1. The molecule has 1 unspecified atom stereocenters. The van der Waals surface area contributed by atoms with E-state index in [4.69, 9.17) is 11.6 Å². The quantitative estimate of drug-likeness (QED) is 0.650. The molecule has 0 aliphatic heterocycles. The van der Waals surface area contributed by atoms with E-state index in [1.165, 1.54) is 10.9 Å². The Morgan fingerprint density at radius 3 is 2.71 bits per heavy atom. The van der Waals surface area contributed by atoms with Crippen LogP contribution in [0.2, 0.25) is 5.02 Å². The van der Waals surface area contributed by atoms with Crippen LogP contribution in [0.15, 0.2) is 29.3 Å². The monoisotopic (exact) mass is 419 g/mol. The molecule has 1 aromatic carbocycles. The van der Waals surface area contributed by atoms with Gasteiger partial charge in [0.05, 0.1) is 11.7 Å². The van der Waals surface area contributed by atoms with Crippen LogP contribution in [0.3, 0.4) is 0 Å². The number of carbonyl (C=O) groups excluding carboxylic acids is 1. The third-order valence-electron chi connectivity index (χ3n) is 4.55. The average Bonchev–Trinajstić information content (AvgIpc) is 2.98. The zero-order valence-corrected chi connectivity index (χ0v) is 17.0. The van der Waals surface area contributed by atoms with E-state index in [1.807, 2.05) is 6.92 Å². The molecule has 0 bridgehead atoms. The van der Waals surface area contributed by atoms with Crippen LogP contribution in [-0.2, 0) is 4.79 Å². The largest absolute Gasteiger partial charge is 0.477 e. The fraction of sp³-hybridized carbons (Fsp3) is 0.263. The predicted molar refractivity (Wildman–Crippen MR) is 110 cm³/mol. The van der Waals surface area contributed by atoms with Crippen molar-refractivity contribution in [3.63, 3.8) is 0 Å². The third-order valence-corrected chi connectivity index (χ3v) is 5.98. The number of carbonyl (C=O) groups is 2. The van der Waals surface area contributed by atoms with Gasteiger partial charge in [-0.15, -0.1) is 11.3 Å². The van der Waals surface area contributed by atoms with E-state index in [0.29, 0.717) is 27.5 Å². The molecule has 3 aromatic rings. The van der Waals surface area contributed by atoms with Crippen LogP contribution in [0.1, 0.15) is 40.2 Å². The van der Waals surface area contributed by atoms with Gasteiger partial charge in [0.2, 0.25) is 5.91 Å². The van der Waals surface area contributed by atoms with Gasteiger partial charge < -0.3 is 10.4 Å². The maximum Gasteiger partial charge on any atom is 0.346 e. The minimum absolute atomic E-state index is 0.0735. The number of hydrogen-bond acceptors (Lipinski definition) is 5. The number of rotatable bonds is 5. The molecule has 2 heterocycles. The molecule has 0 saturated heterocycles. The summed E-state index contributed by atoms with van der Waals surface area (Å²) in [5.41, 5.74) is 1.34. The second kappa shape index (κ2) is 7.73. The molecule has 0 aliphatic carbocycles. The minimum Gasteiger partial charge on any atom is -0.477 e. The molecule has 146 valence electrons. The average molecular weight is 420 g/mol. The van der Waals surface area contributed by atoms with Crippen molar-refractivity contribution >= 4 is 50.7 Å². The van der Waals surface area contributed by atoms with E-state index in [1.54, 1.807) is 32.0 Å². The Bertz CT molecular complexity index is 1150. The summed E-state index contributed by atoms with van der Waals surface area (Å²) in [5, 5.41) is 12.8. The fourth-order valence-electron chi connectivity index (χ4n) is 3.02. The van der Waals surface area contributed by atoms with E-state index in [-0.39, 0.29) is 16.2 Å². The first-order valence-electron chi connectivity index (χ1n) is 8.55. The number of fused-ring (bicyclic) bond motifs is 1. The number of amides is 1. The molecule has 1 amide bonds. The van der Waals surface area contributed by atoms with Gasteiger partial charge >= 0.3 is 5.97 Å². The minimum atomic E-state index is -1.10. The van der Waals surface area contributed by atoms with Crippen molar-refractivity contribution in [2.45, 2.75) is 33.2 Å². The highest BCUT2D eigenvalue weighted by Gasteiger charge is 2.24. The van der Waals surface area contributed by atoms with Gasteiger partial charge in [-0.25, -0.2) is 9.78 Å². The van der Waals surface area contributed by atoms with Crippen molar-refractivity contribution in [3.05, 3.63) is 55.9 Å². The van der Waals surface area contributed by atoms with Crippen LogP contribution in [0.5, 0.6) is 0 Å². The number of aromatic nitrogens is 2. The molecular formula is C19H18ClN3O4S. The van der Waals surface area contributed by atoms with Crippen molar-refractivity contribution in [2.24, 2.45) is 0 Å². The summed E-state index contributed by atoms with van der Waals surface area (Å²) < 4.78 is 1.25. The van der Waals surface area contributed by atoms with Crippen LogP contribution in [0, 0.1) is 13.8 Å². The molecular weight excluding hydrogens is 402 g/mol. The number of hydrogen-bond donors (Lipinski definition) is 2. The predicted octanol–water partition coefficient (Wildman–Crippen LogP) is 4.02. The van der Waals surface area contributed by atoms with Crippen molar-refractivity contribution in [1.82, 2.24) is 9.55 Å². The van der Waals surface area contributed by atoms with Gasteiger partial charge in [0.15, 0.2) is 0 Å². The molecule has 0 saturated carbocycles. The van der Waals surface area contributed by atoms with Gasteiger partial charge in [0.25, 0.3) is 5.56 Å². The summed E-state index contributed by atoms with van der Waals surface area (Å²) in [6, 6.07) is 4.37. The molecule has 7 nitrogen and oxygen atoms in total. The van der Waals surface area contributed by atoms with Crippen LogP contribution in [0.25, 0.3) is 10.2 Å². The molecule has 0 fully saturated rings. The van der Waals surface area contributed by atoms with Gasteiger partial charge in [0.1, 0.15) is 15.7 Å². The van der Waals surface area contributed by atoms with E-state index in [9.17, 15) is 19.5 Å². The lowest BCUT2D eigenvalue weighted by Crippen LogP contribution is -2.33. The van der Waals surface area contributed by atoms with Crippen LogP contribution in [0.4, 0.5) is 5.69 Å². The van der Waals surface area contributed by atoms with E-state index in [2.05, 4.69) is 10.3 Å². The highest BCUT2D eigenvalue weighted by Crippen LogP contribution is 2.27. The zero-order chi connectivity index (χ0) is 20.6. The van der Waals surface area contributed by atoms with Crippen molar-refractivity contribution < 1.29 is 14.7 Å². The molecule has 0 spiro atoms. The Morgan fingerprint density at radius 2 is 2.07 bits per heavy atom. The van der Waals surface area contributed by atoms with Gasteiger partial charge in [-0.1, -0.05) is 24.6 Å². The molecule has 3 rings (SSSR count). The summed E-state index contributed by atoms with van der Waals surface area (Å²) in [4.78, 5) is 41.8. The number of carboxylic acids is 1. The first-order valence-corrected chi connectivity index (χ1v) is 9.74. The highest BCUT2D eigenvalue weighted by molar-refractivity contribution is 7.20. The van der Waals surface area contributed by atoms with Gasteiger partial charge in [-0.2, -0.15) is 0 Å². The fourth-order valence-corrected chi connectivity index (χ4v) is 4.17. The first-order chi connectivity index (χ1) is 13.2. The van der Waals surface area contributed by atoms with Gasteiger partial charge in [0, 0.05) is 10.7 Å². The lowest BCUT2D eigenvalue weighted by Gasteiger charge is -2.18. The number of nitrogens with one attached hydrogen (secondary N) is 1. The Balaban J connectivity index is 2.03. The number of aromatic carboxylic acids is 1. The Morgan fingerprint density at radius 1 is 1.36 bits per heavy atom. The highest BCUT2D eigenvalue weighted by atomic mass is 35.5. The van der Waals surface area contributed by atoms with Crippen molar-refractivity contribution in [3.8, 4) is 0 Å². The smallest absolute Gasteiger partial charge is 0.346 e. The molecule has 1 atom stereocenters. The number of aryl methyl sites for hydroxylation is 2. The van der Waals surface area contributed by atoms with Crippen LogP contribution < -0.4 is 10.9 Å². The summed E-state index contributed by atoms with van der Waals surface area (Å²) in [6.07, 6.45) is 1.65. The Hall–Kier alpha value is -2.71. The number of benzene rings is 1. The summed E-state index contributed by atoms with van der Waals surface area (Å²) >= 11 is 6.95. The standard InChI is InChI=1S/C19H18ClN3O4S/c1-4-13(16(24)22-12-7-11(20)6-5-9(12)2)23-8-21-17-14(18(23)25)10(3)15(28-17)19(26)27/h5-8,13H,4H2,1-3H3,(H,22,24)(H,26,27). The van der Waals surface area contributed by atoms with E-state index in [0.717, 1.165) is 16.9 Å². The molecule has 2 aromatic heterocycles. The van der Waals surface area contributed by atoms with Crippen LogP contribution in [-0.4, -0.2) is 26.5 Å². The third kappa shape index (κ3) is 3.53.